The molecule has 0 unspecified atom stereocenters. The number of benzene rings is 1. The van der Waals surface area contributed by atoms with Gasteiger partial charge in [0, 0.05) is 7.05 Å². The Morgan fingerprint density at radius 3 is 2.67 bits per heavy atom. The third-order valence-electron chi connectivity index (χ3n) is 2.74. The highest BCUT2D eigenvalue weighted by molar-refractivity contribution is 5.57. The molecule has 0 spiro atoms. The fraction of sp³-hybridized carbons (Fsp3) is 0.214. The summed E-state index contributed by atoms with van der Waals surface area (Å²) in [6.45, 7) is 0.709. The number of hydrogen-bond donors (Lipinski definition) is 1. The number of pyridine rings is 1. The highest BCUT2D eigenvalue weighted by Crippen LogP contribution is 2.27. The maximum Gasteiger partial charge on any atom is 0.142 e. The molecule has 0 bridgehead atoms. The Labute approximate surface area is 107 Å². The third kappa shape index (κ3) is 2.71. The van der Waals surface area contributed by atoms with Gasteiger partial charge in [-0.2, -0.15) is 0 Å². The normalized spacial score (nSPS) is 10.1. The highest BCUT2D eigenvalue weighted by atomic mass is 16.5. The lowest BCUT2D eigenvalue weighted by molar-refractivity contribution is 0.414. The van der Waals surface area contributed by atoms with Gasteiger partial charge < -0.3 is 15.4 Å². The van der Waals surface area contributed by atoms with Crippen molar-refractivity contribution in [3.8, 4) is 5.75 Å². The van der Waals surface area contributed by atoms with Crippen LogP contribution in [0.5, 0.6) is 5.75 Å². The van der Waals surface area contributed by atoms with Crippen LogP contribution in [0.25, 0.3) is 0 Å². The van der Waals surface area contributed by atoms with Crippen LogP contribution < -0.4 is 15.4 Å². The molecule has 0 fully saturated rings. The molecular weight excluding hydrogens is 226 g/mol. The van der Waals surface area contributed by atoms with E-state index in [0.717, 1.165) is 17.1 Å². The molecule has 2 rings (SSSR count). The maximum atomic E-state index is 5.62. The van der Waals surface area contributed by atoms with E-state index in [2.05, 4.69) is 9.88 Å². The van der Waals surface area contributed by atoms with Gasteiger partial charge in [0.05, 0.1) is 36.9 Å². The van der Waals surface area contributed by atoms with Crippen LogP contribution in [0.2, 0.25) is 0 Å². The molecule has 0 amide bonds. The van der Waals surface area contributed by atoms with E-state index in [9.17, 15) is 0 Å². The Morgan fingerprint density at radius 2 is 2.00 bits per heavy atom. The summed E-state index contributed by atoms with van der Waals surface area (Å²) in [4.78, 5) is 6.39. The van der Waals surface area contributed by atoms with E-state index < -0.39 is 0 Å². The summed E-state index contributed by atoms with van der Waals surface area (Å²) >= 11 is 0. The Hall–Kier alpha value is -2.23. The van der Waals surface area contributed by atoms with Gasteiger partial charge in [-0.3, -0.25) is 4.98 Å². The molecule has 0 saturated carbocycles. The number of nitrogens with zero attached hydrogens (tertiary/aromatic N) is 2. The smallest absolute Gasteiger partial charge is 0.142 e. The second-order valence-corrected chi connectivity index (χ2v) is 4.11. The number of nitrogens with two attached hydrogens (primary N) is 1. The first-order chi connectivity index (χ1) is 8.70. The zero-order chi connectivity index (χ0) is 13.0. The van der Waals surface area contributed by atoms with Crippen molar-refractivity contribution in [1.82, 2.24) is 4.98 Å². The fourth-order valence-corrected chi connectivity index (χ4v) is 1.80. The lowest BCUT2D eigenvalue weighted by Crippen LogP contribution is -2.17. The average Bonchev–Trinajstić information content (AvgIpc) is 2.41. The van der Waals surface area contributed by atoms with Gasteiger partial charge in [-0.1, -0.05) is 12.1 Å². The number of hydrogen-bond acceptors (Lipinski definition) is 4. The van der Waals surface area contributed by atoms with Crippen LogP contribution >= 0.6 is 0 Å². The molecule has 1 aromatic heterocycles. The lowest BCUT2D eigenvalue weighted by atomic mass is 10.2. The van der Waals surface area contributed by atoms with Gasteiger partial charge in [0.2, 0.25) is 0 Å². The minimum absolute atomic E-state index is 0.679. The summed E-state index contributed by atoms with van der Waals surface area (Å²) in [5.41, 5.74) is 8.31. The molecular formula is C14H17N3O. The SMILES string of the molecule is COc1ccccc1N(C)Cc1ccc(N)cn1. The Balaban J connectivity index is 2.16. The molecule has 0 aliphatic rings. The van der Waals surface area contributed by atoms with Gasteiger partial charge in [0.15, 0.2) is 0 Å². The van der Waals surface area contributed by atoms with Crippen molar-refractivity contribution in [3.63, 3.8) is 0 Å². The first-order valence-corrected chi connectivity index (χ1v) is 5.75. The molecule has 2 N–H and O–H groups in total. The second-order valence-electron chi connectivity index (χ2n) is 4.11. The van der Waals surface area contributed by atoms with E-state index in [0.29, 0.717) is 12.2 Å². The van der Waals surface area contributed by atoms with E-state index >= 15 is 0 Å². The molecule has 4 heteroatoms. The van der Waals surface area contributed by atoms with Gasteiger partial charge in [-0.05, 0) is 24.3 Å². The lowest BCUT2D eigenvalue weighted by Gasteiger charge is -2.21. The summed E-state index contributed by atoms with van der Waals surface area (Å²) in [6.07, 6.45) is 1.67. The van der Waals surface area contributed by atoms with Crippen LogP contribution in [0.3, 0.4) is 0 Å². The standard InChI is InChI=1S/C14H17N3O/c1-17(10-12-8-7-11(15)9-16-12)13-5-3-4-6-14(13)18-2/h3-9H,10,15H2,1-2H3. The summed E-state index contributed by atoms with van der Waals surface area (Å²) in [6, 6.07) is 11.7. The van der Waals surface area contributed by atoms with Crippen molar-refractivity contribution in [1.29, 1.82) is 0 Å². The minimum atomic E-state index is 0.679. The second kappa shape index (κ2) is 5.40. The van der Waals surface area contributed by atoms with Crippen LogP contribution in [0.15, 0.2) is 42.6 Å². The van der Waals surface area contributed by atoms with Crippen molar-refractivity contribution in [2.24, 2.45) is 0 Å². The molecule has 2 aromatic rings. The van der Waals surface area contributed by atoms with E-state index in [1.165, 1.54) is 0 Å². The van der Waals surface area contributed by atoms with Crippen LogP contribution in [0.1, 0.15) is 5.69 Å². The van der Waals surface area contributed by atoms with Crippen molar-refractivity contribution >= 4 is 11.4 Å². The average molecular weight is 243 g/mol. The van der Waals surface area contributed by atoms with Crippen LogP contribution in [-0.2, 0) is 6.54 Å². The molecule has 4 nitrogen and oxygen atoms in total. The topological polar surface area (TPSA) is 51.4 Å². The number of para-hydroxylation sites is 2. The molecule has 18 heavy (non-hydrogen) atoms. The number of aromatic nitrogens is 1. The predicted octanol–water partition coefficient (Wildman–Crippen LogP) is 2.31. The number of anilines is 2. The third-order valence-corrected chi connectivity index (χ3v) is 2.74. The van der Waals surface area contributed by atoms with Crippen molar-refractivity contribution in [2.45, 2.75) is 6.54 Å². The number of methoxy groups -OCH3 is 1. The summed E-state index contributed by atoms with van der Waals surface area (Å²) in [7, 11) is 3.68. The van der Waals surface area contributed by atoms with Crippen molar-refractivity contribution < 1.29 is 4.74 Å². The molecule has 1 heterocycles. The van der Waals surface area contributed by atoms with Crippen LogP contribution in [-0.4, -0.2) is 19.1 Å². The highest BCUT2D eigenvalue weighted by Gasteiger charge is 2.08. The molecule has 0 aliphatic heterocycles. The van der Waals surface area contributed by atoms with E-state index in [4.69, 9.17) is 10.5 Å². The van der Waals surface area contributed by atoms with Gasteiger partial charge in [0.25, 0.3) is 0 Å². The first-order valence-electron chi connectivity index (χ1n) is 5.75. The van der Waals surface area contributed by atoms with Gasteiger partial charge >= 0.3 is 0 Å². The van der Waals surface area contributed by atoms with E-state index in [-0.39, 0.29) is 0 Å². The van der Waals surface area contributed by atoms with E-state index in [1.54, 1.807) is 13.3 Å². The number of ether oxygens (including phenoxy) is 1. The first kappa shape index (κ1) is 12.2. The Morgan fingerprint density at radius 1 is 1.22 bits per heavy atom. The summed E-state index contributed by atoms with van der Waals surface area (Å²) in [5.74, 6) is 0.857. The summed E-state index contributed by atoms with van der Waals surface area (Å²) in [5, 5.41) is 0. The largest absolute Gasteiger partial charge is 0.495 e. The predicted molar refractivity (Wildman–Crippen MR) is 73.8 cm³/mol. The van der Waals surface area contributed by atoms with Crippen molar-refractivity contribution in [3.05, 3.63) is 48.3 Å². The molecule has 1 aromatic carbocycles. The minimum Gasteiger partial charge on any atom is -0.495 e. The van der Waals surface area contributed by atoms with E-state index in [1.807, 2.05) is 43.4 Å². The monoisotopic (exact) mass is 243 g/mol. The molecule has 0 radical (unpaired) electrons. The zero-order valence-corrected chi connectivity index (χ0v) is 10.6. The molecule has 0 aliphatic carbocycles. The van der Waals surface area contributed by atoms with Crippen LogP contribution in [0.4, 0.5) is 11.4 Å². The molecule has 94 valence electrons. The number of rotatable bonds is 4. The fourth-order valence-electron chi connectivity index (χ4n) is 1.80. The van der Waals surface area contributed by atoms with Crippen LogP contribution in [0, 0.1) is 0 Å². The molecule has 0 atom stereocenters. The maximum absolute atomic E-state index is 5.62. The zero-order valence-electron chi connectivity index (χ0n) is 10.6. The van der Waals surface area contributed by atoms with Gasteiger partial charge in [-0.15, -0.1) is 0 Å². The molecule has 0 saturated heterocycles. The number of nitrogen functional groups attached to an aromatic ring is 1. The Bertz CT molecular complexity index is 511. The Kier molecular flexibility index (Phi) is 3.67. The van der Waals surface area contributed by atoms with Gasteiger partial charge in [0.1, 0.15) is 5.75 Å². The summed E-state index contributed by atoms with van der Waals surface area (Å²) < 4.78 is 5.34. The quantitative estimate of drug-likeness (QED) is 0.895. The van der Waals surface area contributed by atoms with Gasteiger partial charge in [-0.25, -0.2) is 0 Å². The van der Waals surface area contributed by atoms with Crippen molar-refractivity contribution in [2.75, 3.05) is 24.8 Å².